The fourth-order valence-electron chi connectivity index (χ4n) is 5.42. The molecule has 0 aliphatic carbocycles. The molecule has 2 aromatic carbocycles. The van der Waals surface area contributed by atoms with Gasteiger partial charge in [0.25, 0.3) is 0 Å². The van der Waals surface area contributed by atoms with E-state index in [1.165, 1.54) is 4.31 Å². The van der Waals surface area contributed by atoms with E-state index >= 15 is 0 Å². The molecule has 0 radical (unpaired) electrons. The van der Waals surface area contributed by atoms with Gasteiger partial charge in [-0.25, -0.2) is 16.8 Å². The van der Waals surface area contributed by atoms with Crippen molar-refractivity contribution in [2.45, 2.75) is 76.0 Å². The summed E-state index contributed by atoms with van der Waals surface area (Å²) in [4.78, 5) is 0.395. The van der Waals surface area contributed by atoms with Gasteiger partial charge in [0.1, 0.15) is 5.37 Å². The van der Waals surface area contributed by atoms with Gasteiger partial charge in [0, 0.05) is 13.2 Å². The molecule has 182 valence electrons. The van der Waals surface area contributed by atoms with E-state index in [0.717, 1.165) is 11.1 Å². The van der Waals surface area contributed by atoms with Crippen LogP contribution in [0.25, 0.3) is 0 Å². The Kier molecular flexibility index (Phi) is 7.44. The zero-order valence-electron chi connectivity index (χ0n) is 20.3. The highest BCUT2D eigenvalue weighted by atomic mass is 32.2. The number of aliphatic hydroxyl groups is 1. The fraction of sp³-hybridized carbons (Fsp3) is 0.520. The molecule has 1 N–H and O–H groups in total. The molecule has 0 spiro atoms. The van der Waals surface area contributed by atoms with Crippen molar-refractivity contribution in [3.8, 4) is 0 Å². The van der Waals surface area contributed by atoms with Crippen LogP contribution in [0.1, 0.15) is 52.6 Å². The second-order valence-corrected chi connectivity index (χ2v) is 13.3. The third-order valence-electron chi connectivity index (χ3n) is 6.57. The molecule has 6 nitrogen and oxygen atoms in total. The Bertz CT molecular complexity index is 1220. The normalized spacial score (nSPS) is 20.2. The van der Waals surface area contributed by atoms with Crippen molar-refractivity contribution in [2.75, 3.05) is 13.2 Å². The van der Waals surface area contributed by atoms with E-state index in [2.05, 4.69) is 0 Å². The van der Waals surface area contributed by atoms with Crippen molar-refractivity contribution in [3.63, 3.8) is 0 Å². The number of aliphatic hydroxyl groups excluding tert-OH is 1. The number of hydrogen-bond donors (Lipinski definition) is 1. The topological polar surface area (TPSA) is 91.8 Å². The van der Waals surface area contributed by atoms with Gasteiger partial charge in [0.15, 0.2) is 9.84 Å². The molecule has 0 saturated carbocycles. The molecule has 1 saturated heterocycles. The highest BCUT2D eigenvalue weighted by Crippen LogP contribution is 2.38. The summed E-state index contributed by atoms with van der Waals surface area (Å²) in [5, 5.41) is 8.25. The summed E-state index contributed by atoms with van der Waals surface area (Å²) < 4.78 is 57.1. The van der Waals surface area contributed by atoms with E-state index < -0.39 is 25.2 Å². The van der Waals surface area contributed by atoms with Crippen molar-refractivity contribution < 1.29 is 21.9 Å². The summed E-state index contributed by atoms with van der Waals surface area (Å²) in [6.07, 6.45) is 1.13. The summed E-state index contributed by atoms with van der Waals surface area (Å²) in [6, 6.07) is 7.27. The smallest absolute Gasteiger partial charge is 0.244 e. The second-order valence-electron chi connectivity index (χ2n) is 9.47. The Morgan fingerprint density at radius 1 is 0.818 bits per heavy atom. The van der Waals surface area contributed by atoms with Crippen LogP contribution in [-0.4, -0.2) is 44.8 Å². The molecule has 1 fully saturated rings. The van der Waals surface area contributed by atoms with E-state index in [0.29, 0.717) is 35.1 Å². The lowest BCUT2D eigenvalue weighted by Crippen LogP contribution is -2.50. The van der Waals surface area contributed by atoms with Crippen LogP contribution < -0.4 is 0 Å². The SMILES string of the molecule is Cc1cc(C)c(S(=O)(=O)C2CC(CCO)CCN2S(=O)(=O)c2c(C)cc(C)cc2C)c(C)c1. The molecule has 0 aromatic heterocycles. The van der Waals surface area contributed by atoms with E-state index in [-0.39, 0.29) is 35.3 Å². The van der Waals surface area contributed by atoms with Crippen LogP contribution >= 0.6 is 0 Å². The largest absolute Gasteiger partial charge is 0.396 e. The molecule has 2 atom stereocenters. The maximum atomic E-state index is 14.0. The Labute approximate surface area is 198 Å². The molecule has 0 amide bonds. The molecular weight excluding hydrogens is 458 g/mol. The van der Waals surface area contributed by atoms with Gasteiger partial charge in [0.05, 0.1) is 9.79 Å². The third kappa shape index (κ3) is 4.90. The zero-order valence-corrected chi connectivity index (χ0v) is 22.0. The molecular formula is C25H35NO5S2. The number of sulfonamides is 1. The van der Waals surface area contributed by atoms with Gasteiger partial charge in [-0.2, -0.15) is 4.31 Å². The van der Waals surface area contributed by atoms with Gasteiger partial charge in [-0.05, 0) is 89.0 Å². The van der Waals surface area contributed by atoms with Crippen LogP contribution in [0, 0.1) is 47.5 Å². The fourth-order valence-corrected chi connectivity index (χ4v) is 10.2. The number of nitrogens with zero attached hydrogens (tertiary/aromatic N) is 1. The van der Waals surface area contributed by atoms with Crippen molar-refractivity contribution in [1.82, 2.24) is 4.31 Å². The Morgan fingerprint density at radius 3 is 1.73 bits per heavy atom. The summed E-state index contributed by atoms with van der Waals surface area (Å²) in [5.74, 6) is -0.0625. The third-order valence-corrected chi connectivity index (χ3v) is 11.3. The minimum Gasteiger partial charge on any atom is -0.396 e. The van der Waals surface area contributed by atoms with Crippen LogP contribution in [0.5, 0.6) is 0 Å². The van der Waals surface area contributed by atoms with Crippen LogP contribution in [0.4, 0.5) is 0 Å². The number of aryl methyl sites for hydroxylation is 6. The highest BCUT2D eigenvalue weighted by Gasteiger charge is 2.45. The van der Waals surface area contributed by atoms with E-state index in [1.54, 1.807) is 27.7 Å². The van der Waals surface area contributed by atoms with Crippen molar-refractivity contribution in [2.24, 2.45) is 5.92 Å². The zero-order chi connectivity index (χ0) is 24.7. The molecule has 1 heterocycles. The average molecular weight is 494 g/mol. The van der Waals surface area contributed by atoms with E-state index in [1.807, 2.05) is 38.1 Å². The van der Waals surface area contributed by atoms with Gasteiger partial charge in [-0.15, -0.1) is 0 Å². The first-order valence-corrected chi connectivity index (χ1v) is 14.3. The van der Waals surface area contributed by atoms with Gasteiger partial charge in [-0.1, -0.05) is 35.4 Å². The first-order chi connectivity index (χ1) is 15.3. The summed E-state index contributed by atoms with van der Waals surface area (Å²) in [7, 11) is -8.06. The molecule has 2 aromatic rings. The van der Waals surface area contributed by atoms with Crippen LogP contribution in [0.3, 0.4) is 0 Å². The number of benzene rings is 2. The molecule has 1 aliphatic rings. The average Bonchev–Trinajstić information content (AvgIpc) is 2.66. The number of sulfone groups is 1. The molecule has 33 heavy (non-hydrogen) atoms. The monoisotopic (exact) mass is 493 g/mol. The van der Waals surface area contributed by atoms with Crippen molar-refractivity contribution in [3.05, 3.63) is 57.6 Å². The first kappa shape index (κ1) is 25.9. The Balaban J connectivity index is 2.19. The number of rotatable bonds is 6. The van der Waals surface area contributed by atoms with E-state index in [4.69, 9.17) is 0 Å². The maximum absolute atomic E-state index is 14.0. The Morgan fingerprint density at radius 2 is 1.27 bits per heavy atom. The highest BCUT2D eigenvalue weighted by molar-refractivity contribution is 7.94. The minimum absolute atomic E-state index is 0.0526. The molecule has 2 unspecified atom stereocenters. The lowest BCUT2D eigenvalue weighted by molar-refractivity contribution is 0.193. The molecule has 8 heteroatoms. The summed E-state index contributed by atoms with van der Waals surface area (Å²) in [5.41, 5.74) is 4.39. The predicted molar refractivity (Wildman–Crippen MR) is 131 cm³/mol. The summed E-state index contributed by atoms with van der Waals surface area (Å²) >= 11 is 0. The van der Waals surface area contributed by atoms with Crippen LogP contribution in [-0.2, 0) is 19.9 Å². The van der Waals surface area contributed by atoms with Crippen molar-refractivity contribution >= 4 is 19.9 Å². The quantitative estimate of drug-likeness (QED) is 0.654. The molecule has 1 aliphatic heterocycles. The van der Waals surface area contributed by atoms with Gasteiger partial charge < -0.3 is 5.11 Å². The number of hydrogen-bond acceptors (Lipinski definition) is 5. The first-order valence-electron chi connectivity index (χ1n) is 11.3. The Hall–Kier alpha value is -1.74. The van der Waals surface area contributed by atoms with Gasteiger partial charge in [0.2, 0.25) is 10.0 Å². The lowest BCUT2D eigenvalue weighted by Gasteiger charge is -2.39. The van der Waals surface area contributed by atoms with Crippen LogP contribution in [0.15, 0.2) is 34.1 Å². The summed E-state index contributed by atoms with van der Waals surface area (Å²) in [6.45, 7) is 10.9. The number of piperidine rings is 1. The van der Waals surface area contributed by atoms with Gasteiger partial charge in [-0.3, -0.25) is 0 Å². The molecule has 0 bridgehead atoms. The second kappa shape index (κ2) is 9.49. The maximum Gasteiger partial charge on any atom is 0.244 e. The minimum atomic E-state index is -4.06. The van der Waals surface area contributed by atoms with Crippen molar-refractivity contribution in [1.29, 1.82) is 0 Å². The van der Waals surface area contributed by atoms with Gasteiger partial charge >= 0.3 is 0 Å². The standard InChI is InChI=1S/C25H35NO5S2/c1-16-11-18(3)24(19(4)12-16)32(28,29)23-15-22(8-10-27)7-9-26(23)33(30,31)25-20(5)13-17(2)14-21(25)6/h11-14,22-23,27H,7-10,15H2,1-6H3. The van der Waals surface area contributed by atoms with Crippen LogP contribution in [0.2, 0.25) is 0 Å². The lowest BCUT2D eigenvalue weighted by atomic mass is 9.95. The predicted octanol–water partition coefficient (Wildman–Crippen LogP) is 4.12. The molecule has 3 rings (SSSR count). The van der Waals surface area contributed by atoms with E-state index in [9.17, 15) is 21.9 Å².